The van der Waals surface area contributed by atoms with Crippen molar-refractivity contribution < 1.29 is 19.1 Å². The van der Waals surface area contributed by atoms with Gasteiger partial charge in [0.25, 0.3) is 11.8 Å². The zero-order chi connectivity index (χ0) is 23.1. The number of rotatable bonds is 8. The molecule has 2 amide bonds. The van der Waals surface area contributed by atoms with Crippen LogP contribution < -0.4 is 14.8 Å². The summed E-state index contributed by atoms with van der Waals surface area (Å²) in [6, 6.07) is 5.24. The zero-order valence-electron chi connectivity index (χ0n) is 20.1. The SMILES string of the molecule is COc1cc(C(=O)N2CCCC(CN3CCC(C)CC3)C2)ccc1OCC(=O)NC(C)C. The third-order valence-electron chi connectivity index (χ3n) is 6.42. The van der Waals surface area contributed by atoms with Crippen LogP contribution in [0.3, 0.4) is 0 Å². The average Bonchev–Trinajstić information content (AvgIpc) is 2.78. The van der Waals surface area contributed by atoms with E-state index in [4.69, 9.17) is 9.47 Å². The lowest BCUT2D eigenvalue weighted by Gasteiger charge is -2.38. The van der Waals surface area contributed by atoms with E-state index in [0.29, 0.717) is 23.0 Å². The van der Waals surface area contributed by atoms with Gasteiger partial charge in [-0.3, -0.25) is 9.59 Å². The van der Waals surface area contributed by atoms with E-state index in [-0.39, 0.29) is 24.5 Å². The molecular formula is C25H39N3O4. The van der Waals surface area contributed by atoms with Crippen molar-refractivity contribution >= 4 is 11.8 Å². The van der Waals surface area contributed by atoms with E-state index in [9.17, 15) is 9.59 Å². The number of benzene rings is 1. The first-order valence-corrected chi connectivity index (χ1v) is 12.0. The number of nitrogens with one attached hydrogen (secondary N) is 1. The number of hydrogen-bond acceptors (Lipinski definition) is 5. The van der Waals surface area contributed by atoms with Crippen molar-refractivity contribution in [1.29, 1.82) is 0 Å². The van der Waals surface area contributed by atoms with E-state index in [2.05, 4.69) is 17.1 Å². The Morgan fingerprint density at radius 2 is 1.88 bits per heavy atom. The first kappa shape index (κ1) is 24.4. The number of amides is 2. The molecule has 1 aromatic rings. The molecule has 0 aliphatic carbocycles. The quantitative estimate of drug-likeness (QED) is 0.666. The summed E-state index contributed by atoms with van der Waals surface area (Å²) in [7, 11) is 1.54. The minimum Gasteiger partial charge on any atom is -0.493 e. The summed E-state index contributed by atoms with van der Waals surface area (Å²) in [6.45, 7) is 11.1. The highest BCUT2D eigenvalue weighted by Gasteiger charge is 2.27. The predicted molar refractivity (Wildman–Crippen MR) is 125 cm³/mol. The Morgan fingerprint density at radius 3 is 2.56 bits per heavy atom. The molecule has 2 heterocycles. The number of carbonyl (C=O) groups excluding carboxylic acids is 2. The van der Waals surface area contributed by atoms with E-state index in [0.717, 1.165) is 32.0 Å². The minimum absolute atomic E-state index is 0.0318. The Kier molecular flexibility index (Phi) is 8.79. The van der Waals surface area contributed by atoms with Crippen LogP contribution in [-0.4, -0.2) is 74.1 Å². The molecule has 2 aliphatic heterocycles. The second kappa shape index (κ2) is 11.5. The molecule has 1 atom stereocenters. The van der Waals surface area contributed by atoms with Crippen LogP contribution >= 0.6 is 0 Å². The molecule has 0 spiro atoms. The Labute approximate surface area is 192 Å². The number of methoxy groups -OCH3 is 1. The second-order valence-corrected chi connectivity index (χ2v) is 9.62. The molecule has 7 heteroatoms. The monoisotopic (exact) mass is 445 g/mol. The number of piperidine rings is 2. The molecule has 0 bridgehead atoms. The second-order valence-electron chi connectivity index (χ2n) is 9.62. The number of nitrogens with zero attached hydrogens (tertiary/aromatic N) is 2. The molecule has 0 saturated carbocycles. The molecule has 2 aliphatic rings. The number of likely N-dealkylation sites (tertiary alicyclic amines) is 2. The van der Waals surface area contributed by atoms with Crippen LogP contribution in [-0.2, 0) is 4.79 Å². The zero-order valence-corrected chi connectivity index (χ0v) is 20.1. The topological polar surface area (TPSA) is 71.1 Å². The van der Waals surface area contributed by atoms with Gasteiger partial charge in [0.2, 0.25) is 0 Å². The Hall–Kier alpha value is -2.28. The maximum atomic E-state index is 13.2. The summed E-state index contributed by atoms with van der Waals surface area (Å²) in [5.41, 5.74) is 0.591. The molecule has 0 radical (unpaired) electrons. The van der Waals surface area contributed by atoms with E-state index in [1.54, 1.807) is 25.3 Å². The molecule has 178 valence electrons. The summed E-state index contributed by atoms with van der Waals surface area (Å²) < 4.78 is 11.0. The first-order valence-electron chi connectivity index (χ1n) is 12.0. The third-order valence-corrected chi connectivity index (χ3v) is 6.42. The van der Waals surface area contributed by atoms with Crippen LogP contribution in [0.2, 0.25) is 0 Å². The molecule has 2 saturated heterocycles. The lowest BCUT2D eigenvalue weighted by Crippen LogP contribution is -2.45. The molecule has 1 unspecified atom stereocenters. The predicted octanol–water partition coefficient (Wildman–Crippen LogP) is 3.18. The summed E-state index contributed by atoms with van der Waals surface area (Å²) >= 11 is 0. The summed E-state index contributed by atoms with van der Waals surface area (Å²) in [5.74, 6) is 2.13. The summed E-state index contributed by atoms with van der Waals surface area (Å²) in [4.78, 5) is 29.6. The van der Waals surface area contributed by atoms with Crippen molar-refractivity contribution in [3.8, 4) is 11.5 Å². The van der Waals surface area contributed by atoms with Gasteiger partial charge in [0.05, 0.1) is 7.11 Å². The molecule has 32 heavy (non-hydrogen) atoms. The van der Waals surface area contributed by atoms with Gasteiger partial charge >= 0.3 is 0 Å². The molecule has 1 N–H and O–H groups in total. The van der Waals surface area contributed by atoms with Crippen LogP contribution in [0.1, 0.15) is 56.8 Å². The van der Waals surface area contributed by atoms with Crippen LogP contribution in [0.4, 0.5) is 0 Å². The molecular weight excluding hydrogens is 406 g/mol. The summed E-state index contributed by atoms with van der Waals surface area (Å²) in [5, 5.41) is 2.79. The van der Waals surface area contributed by atoms with Crippen molar-refractivity contribution in [3.63, 3.8) is 0 Å². The molecule has 1 aromatic carbocycles. The van der Waals surface area contributed by atoms with Crippen LogP contribution in [0.25, 0.3) is 0 Å². The van der Waals surface area contributed by atoms with Gasteiger partial charge in [-0.25, -0.2) is 0 Å². The van der Waals surface area contributed by atoms with E-state index in [1.807, 2.05) is 18.7 Å². The van der Waals surface area contributed by atoms with Gasteiger partial charge < -0.3 is 24.6 Å². The van der Waals surface area contributed by atoms with E-state index in [1.165, 1.54) is 32.4 Å². The van der Waals surface area contributed by atoms with Crippen molar-refractivity contribution in [3.05, 3.63) is 23.8 Å². The number of ether oxygens (including phenoxy) is 2. The molecule has 7 nitrogen and oxygen atoms in total. The van der Waals surface area contributed by atoms with Gasteiger partial charge in [-0.1, -0.05) is 6.92 Å². The molecule has 3 rings (SSSR count). The standard InChI is InChI=1S/C25H39N3O4/c1-18(2)26-24(29)17-32-22-8-7-21(14-23(22)31-4)25(30)28-11-5-6-20(16-28)15-27-12-9-19(3)10-13-27/h7-8,14,18-20H,5-6,9-13,15-17H2,1-4H3,(H,26,29). The smallest absolute Gasteiger partial charge is 0.258 e. The highest BCUT2D eigenvalue weighted by molar-refractivity contribution is 5.95. The number of hydrogen-bond donors (Lipinski definition) is 1. The normalized spacial score (nSPS) is 20.3. The van der Waals surface area contributed by atoms with Crippen molar-refractivity contribution in [2.24, 2.45) is 11.8 Å². The molecule has 2 fully saturated rings. The fourth-order valence-corrected chi connectivity index (χ4v) is 4.62. The van der Waals surface area contributed by atoms with Crippen LogP contribution in [0.15, 0.2) is 18.2 Å². The average molecular weight is 446 g/mol. The Morgan fingerprint density at radius 1 is 1.12 bits per heavy atom. The lowest BCUT2D eigenvalue weighted by atomic mass is 9.94. The van der Waals surface area contributed by atoms with Crippen molar-refractivity contribution in [1.82, 2.24) is 15.1 Å². The largest absolute Gasteiger partial charge is 0.493 e. The third kappa shape index (κ3) is 6.86. The van der Waals surface area contributed by atoms with Gasteiger partial charge in [0, 0.05) is 31.2 Å². The van der Waals surface area contributed by atoms with Gasteiger partial charge in [-0.15, -0.1) is 0 Å². The van der Waals surface area contributed by atoms with E-state index < -0.39 is 0 Å². The lowest BCUT2D eigenvalue weighted by molar-refractivity contribution is -0.123. The molecule has 0 aromatic heterocycles. The fraction of sp³-hybridized carbons (Fsp3) is 0.680. The summed E-state index contributed by atoms with van der Waals surface area (Å²) in [6.07, 6.45) is 4.79. The maximum absolute atomic E-state index is 13.2. The van der Waals surface area contributed by atoms with Gasteiger partial charge in [-0.2, -0.15) is 0 Å². The van der Waals surface area contributed by atoms with E-state index >= 15 is 0 Å². The highest BCUT2D eigenvalue weighted by atomic mass is 16.5. The maximum Gasteiger partial charge on any atom is 0.258 e. The van der Waals surface area contributed by atoms with Gasteiger partial charge in [0.1, 0.15) is 0 Å². The van der Waals surface area contributed by atoms with Gasteiger partial charge in [-0.05, 0) is 82.7 Å². The van der Waals surface area contributed by atoms with Crippen LogP contribution in [0.5, 0.6) is 11.5 Å². The van der Waals surface area contributed by atoms with Crippen molar-refractivity contribution in [2.75, 3.05) is 46.4 Å². The number of carbonyl (C=O) groups is 2. The van der Waals surface area contributed by atoms with Gasteiger partial charge in [0.15, 0.2) is 18.1 Å². The highest BCUT2D eigenvalue weighted by Crippen LogP contribution is 2.29. The van der Waals surface area contributed by atoms with Crippen LogP contribution in [0, 0.1) is 11.8 Å². The Balaban J connectivity index is 1.58. The Bertz CT molecular complexity index is 774. The first-order chi connectivity index (χ1) is 15.4. The fourth-order valence-electron chi connectivity index (χ4n) is 4.62. The minimum atomic E-state index is -0.190. The van der Waals surface area contributed by atoms with Crippen molar-refractivity contribution in [2.45, 2.75) is 52.5 Å².